The number of carbonyl (C=O) groups excluding carboxylic acids is 2. The van der Waals surface area contributed by atoms with Crippen molar-refractivity contribution in [2.45, 2.75) is 35.5 Å². The van der Waals surface area contributed by atoms with Crippen LogP contribution in [0.4, 0.5) is 52.7 Å². The number of carboxylic acid groups (broad SMARTS) is 2. The fourth-order valence-electron chi connectivity index (χ4n) is 1.05. The van der Waals surface area contributed by atoms with Gasteiger partial charge in [-0.3, -0.25) is 0 Å². The summed E-state index contributed by atoms with van der Waals surface area (Å²) in [6.07, 6.45) is 0. The van der Waals surface area contributed by atoms with Crippen molar-refractivity contribution >= 4 is 11.9 Å². The Kier molecular flexibility index (Phi) is 6.81. The second kappa shape index (κ2) is 6.53. The van der Waals surface area contributed by atoms with E-state index in [2.05, 4.69) is 0 Å². The first-order valence-corrected chi connectivity index (χ1v) is 4.83. The molecule has 0 rings (SSSR count). The molecule has 0 aromatic heterocycles. The van der Waals surface area contributed by atoms with E-state index >= 15 is 0 Å². The SMILES string of the molecule is O=C([O-])C(F)(F)C(F)(F)C(F)(F)C(F)(F)C(F)(F)C(F)(F)C(=O)[O-].[Ag]. The van der Waals surface area contributed by atoms with Crippen LogP contribution in [-0.2, 0) is 32.0 Å². The van der Waals surface area contributed by atoms with E-state index in [1.165, 1.54) is 0 Å². The van der Waals surface area contributed by atoms with Gasteiger partial charge in [0.2, 0.25) is 0 Å². The standard InChI is InChI=1S/C8H2F12O4.Ag/c9-3(10,1(21)22)5(13,14)7(17,18)8(19,20)6(15,16)4(11,12)2(23)24;/h(H,21,22)(H,23,24);/p-2. The fourth-order valence-corrected chi connectivity index (χ4v) is 1.05. The van der Waals surface area contributed by atoms with E-state index in [-0.39, 0.29) is 22.4 Å². The molecule has 0 aromatic carbocycles. The normalized spacial score (nSPS) is 14.7. The summed E-state index contributed by atoms with van der Waals surface area (Å²) in [4.78, 5) is 19.3. The molecule has 153 valence electrons. The van der Waals surface area contributed by atoms with Gasteiger partial charge in [-0.2, -0.15) is 52.7 Å². The topological polar surface area (TPSA) is 80.3 Å². The zero-order valence-electron chi connectivity index (χ0n) is 10.5. The summed E-state index contributed by atoms with van der Waals surface area (Å²) in [5, 5.41) is 19.3. The zero-order chi connectivity index (χ0) is 20.2. The van der Waals surface area contributed by atoms with Gasteiger partial charge in [0.15, 0.2) is 0 Å². The molecule has 0 unspecified atom stereocenters. The van der Waals surface area contributed by atoms with Gasteiger partial charge >= 0.3 is 35.5 Å². The Bertz CT molecular complexity index is 497. The van der Waals surface area contributed by atoms with Crippen molar-refractivity contribution in [3.05, 3.63) is 0 Å². The molecule has 0 aromatic rings. The van der Waals surface area contributed by atoms with Crippen LogP contribution in [0.3, 0.4) is 0 Å². The summed E-state index contributed by atoms with van der Waals surface area (Å²) in [5.41, 5.74) is 0. The van der Waals surface area contributed by atoms with Crippen molar-refractivity contribution in [1.82, 2.24) is 0 Å². The molecule has 25 heavy (non-hydrogen) atoms. The summed E-state index contributed by atoms with van der Waals surface area (Å²) in [6.45, 7) is 0. The van der Waals surface area contributed by atoms with Crippen molar-refractivity contribution in [3.8, 4) is 0 Å². The van der Waals surface area contributed by atoms with Crippen molar-refractivity contribution in [2.24, 2.45) is 0 Å². The maximum atomic E-state index is 12.8. The third kappa shape index (κ3) is 3.18. The Balaban J connectivity index is 0. The Morgan fingerprint density at radius 1 is 0.480 bits per heavy atom. The van der Waals surface area contributed by atoms with Gasteiger partial charge < -0.3 is 19.8 Å². The first kappa shape index (κ1) is 26.1. The van der Waals surface area contributed by atoms with E-state index in [0.29, 0.717) is 0 Å². The second-order valence-corrected chi connectivity index (χ2v) is 4.02. The molecule has 0 heterocycles. The molecule has 0 aliphatic carbocycles. The van der Waals surface area contributed by atoms with Gasteiger partial charge in [-0.05, 0) is 0 Å². The molecule has 0 aliphatic rings. The Morgan fingerprint density at radius 3 is 0.760 bits per heavy atom. The van der Waals surface area contributed by atoms with Crippen molar-refractivity contribution in [1.29, 1.82) is 0 Å². The van der Waals surface area contributed by atoms with Gasteiger partial charge in [0, 0.05) is 22.4 Å². The fraction of sp³-hybridized carbons (Fsp3) is 0.750. The van der Waals surface area contributed by atoms with Crippen molar-refractivity contribution in [2.75, 3.05) is 0 Å². The molecule has 0 bridgehead atoms. The van der Waals surface area contributed by atoms with Gasteiger partial charge in [-0.15, -0.1) is 0 Å². The van der Waals surface area contributed by atoms with Crippen LogP contribution in [0.5, 0.6) is 0 Å². The summed E-state index contributed by atoms with van der Waals surface area (Å²) in [6, 6.07) is 0. The van der Waals surface area contributed by atoms with Crippen LogP contribution >= 0.6 is 0 Å². The van der Waals surface area contributed by atoms with Crippen LogP contribution in [0.2, 0.25) is 0 Å². The molecule has 0 aliphatic heterocycles. The average molecular weight is 496 g/mol. The van der Waals surface area contributed by atoms with E-state index in [1.54, 1.807) is 0 Å². The van der Waals surface area contributed by atoms with Gasteiger partial charge in [0.1, 0.15) is 11.9 Å². The van der Waals surface area contributed by atoms with Crippen LogP contribution in [0.1, 0.15) is 0 Å². The molecule has 4 nitrogen and oxygen atoms in total. The summed E-state index contributed by atoms with van der Waals surface area (Å²) in [7, 11) is 0. The molecule has 0 spiro atoms. The minimum Gasteiger partial charge on any atom is -0.544 e. The predicted molar refractivity (Wildman–Crippen MR) is 39.7 cm³/mol. The molecular weight excluding hydrogens is 496 g/mol. The summed E-state index contributed by atoms with van der Waals surface area (Å²) in [5.74, 6) is -55.5. The molecule has 17 heteroatoms. The van der Waals surface area contributed by atoms with Crippen molar-refractivity contribution < 1.29 is 94.9 Å². The van der Waals surface area contributed by atoms with Gasteiger partial charge in [-0.1, -0.05) is 0 Å². The molecule has 1 radical (unpaired) electrons. The van der Waals surface area contributed by atoms with Crippen LogP contribution in [0, 0.1) is 0 Å². The molecule has 0 atom stereocenters. The number of carboxylic acids is 2. The van der Waals surface area contributed by atoms with Gasteiger partial charge in [0.25, 0.3) is 0 Å². The Hall–Kier alpha value is -1.16. The number of hydrogen-bond donors (Lipinski definition) is 0. The first-order chi connectivity index (χ1) is 10.1. The molecular formula is C8AgF12O4-2. The van der Waals surface area contributed by atoms with Gasteiger partial charge in [0.05, 0.1) is 0 Å². The van der Waals surface area contributed by atoms with E-state index in [0.717, 1.165) is 0 Å². The quantitative estimate of drug-likeness (QED) is 0.376. The number of carbonyl (C=O) groups is 2. The van der Waals surface area contributed by atoms with E-state index < -0.39 is 47.5 Å². The maximum Gasteiger partial charge on any atom is 0.385 e. The summed E-state index contributed by atoms with van der Waals surface area (Å²) < 4.78 is 152. The van der Waals surface area contributed by atoms with E-state index in [1.807, 2.05) is 0 Å². The third-order valence-corrected chi connectivity index (χ3v) is 2.48. The monoisotopic (exact) mass is 495 g/mol. The first-order valence-electron chi connectivity index (χ1n) is 4.83. The number of alkyl halides is 12. The largest absolute Gasteiger partial charge is 0.544 e. The van der Waals surface area contributed by atoms with Crippen LogP contribution in [0.15, 0.2) is 0 Å². The van der Waals surface area contributed by atoms with E-state index in [4.69, 9.17) is 0 Å². The van der Waals surface area contributed by atoms with Crippen LogP contribution < -0.4 is 10.2 Å². The number of rotatable bonds is 7. The third-order valence-electron chi connectivity index (χ3n) is 2.48. The zero-order valence-corrected chi connectivity index (χ0v) is 12.0. The number of aliphatic carboxylic acids is 2. The number of hydrogen-bond acceptors (Lipinski definition) is 4. The predicted octanol–water partition coefficient (Wildman–Crippen LogP) is 0.295. The van der Waals surface area contributed by atoms with Crippen LogP contribution in [-0.4, -0.2) is 47.5 Å². The molecule has 0 saturated heterocycles. The maximum absolute atomic E-state index is 12.8. The smallest absolute Gasteiger partial charge is 0.385 e. The Labute approximate surface area is 143 Å². The second-order valence-electron chi connectivity index (χ2n) is 4.02. The molecule has 0 N–H and O–H groups in total. The molecule has 0 saturated carbocycles. The van der Waals surface area contributed by atoms with Crippen molar-refractivity contribution in [3.63, 3.8) is 0 Å². The Morgan fingerprint density at radius 2 is 0.640 bits per heavy atom. The summed E-state index contributed by atoms with van der Waals surface area (Å²) >= 11 is 0. The minimum atomic E-state index is -8.17. The number of halogens is 12. The molecule has 0 amide bonds. The minimum absolute atomic E-state index is 0. The van der Waals surface area contributed by atoms with Gasteiger partial charge in [-0.25, -0.2) is 0 Å². The average Bonchev–Trinajstić information content (AvgIpc) is 2.36. The van der Waals surface area contributed by atoms with Crippen LogP contribution in [0.25, 0.3) is 0 Å². The van der Waals surface area contributed by atoms with E-state index in [9.17, 15) is 72.5 Å². The molecule has 0 fully saturated rings.